The number of carbonyl (C=O) groups excluding carboxylic acids is 1. The molecule has 1 saturated heterocycles. The zero-order valence-corrected chi connectivity index (χ0v) is 17.7. The van der Waals surface area contributed by atoms with E-state index in [0.717, 1.165) is 13.0 Å². The minimum Gasteiger partial charge on any atom is -0.444 e. The van der Waals surface area contributed by atoms with Crippen molar-refractivity contribution in [1.29, 1.82) is 0 Å². The maximum atomic E-state index is 12.7. The van der Waals surface area contributed by atoms with E-state index in [2.05, 4.69) is 37.8 Å². The molecule has 2 atom stereocenters. The van der Waals surface area contributed by atoms with Crippen LogP contribution in [0.3, 0.4) is 0 Å². The Bertz CT molecular complexity index is 604. The highest BCUT2D eigenvalue weighted by Gasteiger charge is 2.35. The molecule has 152 valence electrons. The summed E-state index contributed by atoms with van der Waals surface area (Å²) < 4.78 is 5.57. The maximum Gasteiger partial charge on any atom is 0.410 e. The van der Waals surface area contributed by atoms with E-state index in [4.69, 9.17) is 4.74 Å². The number of rotatable bonds is 3. The lowest BCUT2D eigenvalue weighted by molar-refractivity contribution is 0.0167. The van der Waals surface area contributed by atoms with Gasteiger partial charge in [-0.2, -0.15) is 0 Å². The fraction of sp³-hybridized carbons (Fsp3) is 0.682. The lowest BCUT2D eigenvalue weighted by Crippen LogP contribution is -2.45. The van der Waals surface area contributed by atoms with Crippen molar-refractivity contribution in [3.05, 3.63) is 35.9 Å². The summed E-state index contributed by atoms with van der Waals surface area (Å²) in [6.45, 7) is 14.4. The van der Waals surface area contributed by atoms with Gasteiger partial charge in [-0.15, -0.1) is 0 Å². The molecule has 0 aliphatic carbocycles. The Hall–Kier alpha value is -1.59. The molecule has 1 fully saturated rings. The monoisotopic (exact) mass is 376 g/mol. The quantitative estimate of drug-likeness (QED) is 0.869. The highest BCUT2D eigenvalue weighted by Crippen LogP contribution is 2.27. The molecule has 5 heteroatoms. The van der Waals surface area contributed by atoms with Crippen LogP contribution in [-0.4, -0.2) is 58.4 Å². The first-order chi connectivity index (χ1) is 12.4. The summed E-state index contributed by atoms with van der Waals surface area (Å²) in [4.78, 5) is 16.7. The van der Waals surface area contributed by atoms with E-state index in [-0.39, 0.29) is 17.6 Å². The minimum atomic E-state index is -0.591. The van der Waals surface area contributed by atoms with Gasteiger partial charge in [0.2, 0.25) is 0 Å². The second-order valence-electron chi connectivity index (χ2n) is 9.87. The molecule has 0 unspecified atom stereocenters. The molecule has 0 saturated carbocycles. The van der Waals surface area contributed by atoms with Gasteiger partial charge in [0.25, 0.3) is 0 Å². The summed E-state index contributed by atoms with van der Waals surface area (Å²) in [5, 5.41) is 10.6. The number of benzene rings is 1. The molecule has 0 radical (unpaired) electrons. The molecule has 1 aromatic carbocycles. The molecule has 0 aromatic heterocycles. The number of aliphatic hydroxyl groups is 1. The van der Waals surface area contributed by atoms with Gasteiger partial charge >= 0.3 is 6.09 Å². The van der Waals surface area contributed by atoms with E-state index in [1.165, 1.54) is 5.56 Å². The molecule has 1 aromatic rings. The Morgan fingerprint density at radius 1 is 1.07 bits per heavy atom. The lowest BCUT2D eigenvalue weighted by Gasteiger charge is -2.36. The van der Waals surface area contributed by atoms with Crippen molar-refractivity contribution in [3.63, 3.8) is 0 Å². The molecule has 1 N–H and O–H groups in total. The molecule has 1 heterocycles. The first-order valence-electron chi connectivity index (χ1n) is 9.87. The van der Waals surface area contributed by atoms with Crippen molar-refractivity contribution in [2.24, 2.45) is 5.41 Å². The molecule has 0 bridgehead atoms. The number of amides is 1. The molecular weight excluding hydrogens is 340 g/mol. The van der Waals surface area contributed by atoms with Crippen LogP contribution in [0.4, 0.5) is 4.79 Å². The van der Waals surface area contributed by atoms with Crippen LogP contribution in [0.1, 0.15) is 53.5 Å². The summed E-state index contributed by atoms with van der Waals surface area (Å²) in [5.74, 6) is 0. The van der Waals surface area contributed by atoms with Crippen LogP contribution in [-0.2, 0) is 11.3 Å². The predicted octanol–water partition coefficient (Wildman–Crippen LogP) is 3.91. The van der Waals surface area contributed by atoms with Gasteiger partial charge in [-0.25, -0.2) is 4.79 Å². The van der Waals surface area contributed by atoms with Crippen LogP contribution in [0.15, 0.2) is 30.3 Å². The molecule has 1 aliphatic heterocycles. The Balaban J connectivity index is 2.21. The van der Waals surface area contributed by atoms with Crippen molar-refractivity contribution in [1.82, 2.24) is 9.80 Å². The SMILES string of the molecule is CC(C)(C)C[C@H]1CN(C(=O)OC(C)(C)C)C[C@@H](O)CN1Cc1ccccc1. The van der Waals surface area contributed by atoms with E-state index < -0.39 is 11.7 Å². The van der Waals surface area contributed by atoms with Crippen molar-refractivity contribution >= 4 is 6.09 Å². The fourth-order valence-corrected chi connectivity index (χ4v) is 3.56. The van der Waals surface area contributed by atoms with Crippen LogP contribution in [0, 0.1) is 5.41 Å². The Morgan fingerprint density at radius 2 is 1.70 bits per heavy atom. The zero-order valence-electron chi connectivity index (χ0n) is 17.7. The average molecular weight is 377 g/mol. The Labute approximate surface area is 164 Å². The number of ether oxygens (including phenoxy) is 1. The van der Waals surface area contributed by atoms with Crippen LogP contribution < -0.4 is 0 Å². The molecule has 2 rings (SSSR count). The molecule has 0 spiro atoms. The number of hydrogen-bond donors (Lipinski definition) is 1. The van der Waals surface area contributed by atoms with E-state index in [1.807, 2.05) is 39.0 Å². The summed E-state index contributed by atoms with van der Waals surface area (Å²) >= 11 is 0. The molecule has 5 nitrogen and oxygen atoms in total. The van der Waals surface area contributed by atoms with Gasteiger partial charge < -0.3 is 14.7 Å². The highest BCUT2D eigenvalue weighted by molar-refractivity contribution is 5.68. The summed E-state index contributed by atoms with van der Waals surface area (Å²) in [7, 11) is 0. The summed E-state index contributed by atoms with van der Waals surface area (Å²) in [5.41, 5.74) is 0.792. The molecule has 27 heavy (non-hydrogen) atoms. The van der Waals surface area contributed by atoms with Crippen LogP contribution in [0.25, 0.3) is 0 Å². The number of aliphatic hydroxyl groups excluding tert-OH is 1. The highest BCUT2D eigenvalue weighted by atomic mass is 16.6. The van der Waals surface area contributed by atoms with Gasteiger partial charge in [0.15, 0.2) is 0 Å². The van der Waals surface area contributed by atoms with Gasteiger partial charge in [0.05, 0.1) is 12.6 Å². The molecule has 1 amide bonds. The maximum absolute atomic E-state index is 12.7. The summed E-state index contributed by atoms with van der Waals surface area (Å²) in [6.07, 6.45) is -0.000473. The zero-order chi connectivity index (χ0) is 20.2. The third-order valence-electron chi connectivity index (χ3n) is 4.55. The van der Waals surface area contributed by atoms with Crippen molar-refractivity contribution in [2.45, 2.75) is 72.3 Å². The van der Waals surface area contributed by atoms with Gasteiger partial charge in [0, 0.05) is 25.7 Å². The van der Waals surface area contributed by atoms with Gasteiger partial charge in [-0.05, 0) is 38.2 Å². The minimum absolute atomic E-state index is 0.120. The molecular formula is C22H36N2O3. The van der Waals surface area contributed by atoms with Crippen LogP contribution >= 0.6 is 0 Å². The van der Waals surface area contributed by atoms with Crippen molar-refractivity contribution < 1.29 is 14.6 Å². The lowest BCUT2D eigenvalue weighted by atomic mass is 9.87. The predicted molar refractivity (Wildman–Crippen MR) is 109 cm³/mol. The third-order valence-corrected chi connectivity index (χ3v) is 4.55. The van der Waals surface area contributed by atoms with Crippen LogP contribution in [0.5, 0.6) is 0 Å². The second kappa shape index (κ2) is 8.61. The van der Waals surface area contributed by atoms with E-state index in [9.17, 15) is 9.90 Å². The number of carbonyl (C=O) groups is 1. The van der Waals surface area contributed by atoms with E-state index in [1.54, 1.807) is 4.90 Å². The largest absolute Gasteiger partial charge is 0.444 e. The second-order valence-corrected chi connectivity index (χ2v) is 9.87. The first kappa shape index (κ1) is 21.7. The number of nitrogens with zero attached hydrogens (tertiary/aromatic N) is 2. The van der Waals surface area contributed by atoms with E-state index >= 15 is 0 Å². The Kier molecular flexibility index (Phi) is 6.92. The van der Waals surface area contributed by atoms with Gasteiger partial charge in [0.1, 0.15) is 5.60 Å². The van der Waals surface area contributed by atoms with Gasteiger partial charge in [-0.1, -0.05) is 51.1 Å². The Morgan fingerprint density at radius 3 is 2.26 bits per heavy atom. The van der Waals surface area contributed by atoms with Crippen molar-refractivity contribution in [3.8, 4) is 0 Å². The normalized spacial score (nSPS) is 22.4. The average Bonchev–Trinajstić information content (AvgIpc) is 2.64. The third kappa shape index (κ3) is 7.51. The van der Waals surface area contributed by atoms with Crippen molar-refractivity contribution in [2.75, 3.05) is 19.6 Å². The van der Waals surface area contributed by atoms with Gasteiger partial charge in [-0.3, -0.25) is 4.90 Å². The smallest absolute Gasteiger partial charge is 0.410 e. The van der Waals surface area contributed by atoms with Crippen LogP contribution in [0.2, 0.25) is 0 Å². The topological polar surface area (TPSA) is 53.0 Å². The number of β-amino-alcohol motifs (C(OH)–C–C–N with tert-alkyl or cyclic N) is 1. The number of hydrogen-bond acceptors (Lipinski definition) is 4. The fourth-order valence-electron chi connectivity index (χ4n) is 3.56. The molecule has 1 aliphatic rings. The van der Waals surface area contributed by atoms with E-state index in [0.29, 0.717) is 19.6 Å². The first-order valence-corrected chi connectivity index (χ1v) is 9.87. The summed E-state index contributed by atoms with van der Waals surface area (Å²) in [6, 6.07) is 10.5. The standard InChI is InChI=1S/C22H36N2O3/c1-21(2,3)12-18-14-24(20(26)27-22(4,5)6)16-19(25)15-23(18)13-17-10-8-7-9-11-17/h7-11,18-19,25H,12-16H2,1-6H3/t18-,19-/m0/s1.